The summed E-state index contributed by atoms with van der Waals surface area (Å²) in [7, 11) is 1.08. The highest BCUT2D eigenvalue weighted by Gasteiger charge is 2.37. The van der Waals surface area contributed by atoms with Crippen LogP contribution in [0.3, 0.4) is 0 Å². The van der Waals surface area contributed by atoms with E-state index in [-0.39, 0.29) is 6.42 Å². The van der Waals surface area contributed by atoms with Gasteiger partial charge in [0.2, 0.25) is 5.60 Å². The number of carboxylic acid groups (broad SMARTS) is 1. The van der Waals surface area contributed by atoms with E-state index >= 15 is 0 Å². The van der Waals surface area contributed by atoms with Gasteiger partial charge in [0.25, 0.3) is 0 Å². The molecule has 0 bridgehead atoms. The molecule has 0 aliphatic rings. The maximum absolute atomic E-state index is 10.6. The van der Waals surface area contributed by atoms with E-state index in [0.717, 1.165) is 7.11 Å². The molecule has 0 rings (SSSR count). The molecule has 72 valence electrons. The molecule has 0 aliphatic heterocycles. The molecule has 0 aliphatic carbocycles. The highest BCUT2D eigenvalue weighted by Crippen LogP contribution is 2.15. The Balaban J connectivity index is 4.52. The van der Waals surface area contributed by atoms with Crippen LogP contribution in [0.2, 0.25) is 0 Å². The Bertz CT molecular complexity index is 252. The van der Waals surface area contributed by atoms with Crippen molar-refractivity contribution in [1.29, 1.82) is 0 Å². The molecule has 1 N–H and O–H groups in total. The average molecular weight is 186 g/mol. The number of carbonyl (C=O) groups excluding carboxylic acids is 1. The number of aliphatic carboxylic acids is 1. The van der Waals surface area contributed by atoms with Crippen LogP contribution in [-0.4, -0.2) is 29.9 Å². The Kier molecular flexibility index (Phi) is 3.79. The molecule has 5 heteroatoms. The summed E-state index contributed by atoms with van der Waals surface area (Å²) < 4.78 is 8.64. The van der Waals surface area contributed by atoms with Crippen LogP contribution >= 0.6 is 0 Å². The van der Waals surface area contributed by atoms with E-state index in [2.05, 4.69) is 15.4 Å². The van der Waals surface area contributed by atoms with Gasteiger partial charge in [-0.1, -0.05) is 0 Å². The number of ether oxygens (including phenoxy) is 2. The lowest BCUT2D eigenvalue weighted by Crippen LogP contribution is -2.40. The van der Waals surface area contributed by atoms with Crippen LogP contribution < -0.4 is 0 Å². The van der Waals surface area contributed by atoms with Gasteiger partial charge in [0.05, 0.1) is 13.5 Å². The molecule has 1 atom stereocenters. The summed E-state index contributed by atoms with van der Waals surface area (Å²) in [5, 5.41) is 8.68. The number of methoxy groups -OCH3 is 1. The Hall–Kier alpha value is -1.70. The second-order valence-electron chi connectivity index (χ2n) is 2.47. The fourth-order valence-electron chi connectivity index (χ4n) is 0.576. The normalized spacial score (nSPS) is 13.6. The van der Waals surface area contributed by atoms with Gasteiger partial charge in [0, 0.05) is 0 Å². The first-order valence-corrected chi connectivity index (χ1v) is 3.40. The summed E-state index contributed by atoms with van der Waals surface area (Å²) >= 11 is 0. The van der Waals surface area contributed by atoms with Crippen molar-refractivity contribution in [2.45, 2.75) is 18.9 Å². The van der Waals surface area contributed by atoms with Gasteiger partial charge in [0.1, 0.15) is 0 Å². The maximum Gasteiger partial charge on any atom is 0.509 e. The van der Waals surface area contributed by atoms with Gasteiger partial charge >= 0.3 is 12.1 Å². The summed E-state index contributed by atoms with van der Waals surface area (Å²) in [4.78, 5) is 21.3. The third-order valence-corrected chi connectivity index (χ3v) is 1.37. The summed E-state index contributed by atoms with van der Waals surface area (Å²) in [6.45, 7) is 1.20. The van der Waals surface area contributed by atoms with E-state index in [1.165, 1.54) is 6.92 Å². The molecule has 0 fully saturated rings. The molecule has 0 radical (unpaired) electrons. The fourth-order valence-corrected chi connectivity index (χ4v) is 0.576. The van der Waals surface area contributed by atoms with Gasteiger partial charge in [-0.3, -0.25) is 0 Å². The van der Waals surface area contributed by atoms with Crippen molar-refractivity contribution >= 4 is 12.1 Å². The van der Waals surface area contributed by atoms with E-state index in [1.54, 1.807) is 0 Å². The lowest BCUT2D eigenvalue weighted by atomic mass is 10.0. The second kappa shape index (κ2) is 4.36. The number of hydrogen-bond donors (Lipinski definition) is 1. The lowest BCUT2D eigenvalue weighted by molar-refractivity contribution is -0.158. The van der Waals surface area contributed by atoms with Crippen molar-refractivity contribution in [2.75, 3.05) is 7.11 Å². The minimum absolute atomic E-state index is 0.211. The van der Waals surface area contributed by atoms with Crippen LogP contribution in [0.5, 0.6) is 0 Å². The Morgan fingerprint density at radius 3 is 2.46 bits per heavy atom. The fraction of sp³-hybridized carbons (Fsp3) is 0.500. The Morgan fingerprint density at radius 1 is 1.62 bits per heavy atom. The van der Waals surface area contributed by atoms with Gasteiger partial charge < -0.3 is 14.6 Å². The van der Waals surface area contributed by atoms with Crippen molar-refractivity contribution < 1.29 is 24.2 Å². The Morgan fingerprint density at radius 2 is 2.15 bits per heavy atom. The first-order valence-electron chi connectivity index (χ1n) is 3.40. The number of hydrogen-bond acceptors (Lipinski definition) is 4. The number of carboxylic acids is 1. The van der Waals surface area contributed by atoms with Crippen LogP contribution in [0.4, 0.5) is 4.79 Å². The van der Waals surface area contributed by atoms with Crippen molar-refractivity contribution in [3.05, 3.63) is 0 Å². The molecule has 0 saturated carbocycles. The van der Waals surface area contributed by atoms with Crippen molar-refractivity contribution in [2.24, 2.45) is 0 Å². The summed E-state index contributed by atoms with van der Waals surface area (Å²) in [6, 6.07) is 0. The van der Waals surface area contributed by atoms with Crippen molar-refractivity contribution in [3.8, 4) is 12.3 Å². The third-order valence-electron chi connectivity index (χ3n) is 1.37. The van der Waals surface area contributed by atoms with Crippen LogP contribution in [-0.2, 0) is 14.3 Å². The topological polar surface area (TPSA) is 72.8 Å². The zero-order chi connectivity index (χ0) is 10.5. The predicted octanol–water partition coefficient (Wildman–Crippen LogP) is 0.636. The highest BCUT2D eigenvalue weighted by atomic mass is 16.7. The van der Waals surface area contributed by atoms with Gasteiger partial charge in [-0.15, -0.1) is 12.3 Å². The zero-order valence-electron chi connectivity index (χ0n) is 7.36. The predicted molar refractivity (Wildman–Crippen MR) is 43.0 cm³/mol. The first kappa shape index (κ1) is 11.3. The minimum atomic E-state index is -1.72. The molecule has 0 aromatic rings. The number of terminal acetylenes is 1. The van der Waals surface area contributed by atoms with Crippen LogP contribution in [0.15, 0.2) is 0 Å². The molecular formula is C8H10O5. The minimum Gasteiger partial charge on any atom is -0.478 e. The lowest BCUT2D eigenvalue weighted by Gasteiger charge is -2.21. The largest absolute Gasteiger partial charge is 0.509 e. The zero-order valence-corrected chi connectivity index (χ0v) is 7.36. The standard InChI is InChI=1S/C8H10O5/c1-4-5-8(2,6(9)10)13-7(11)12-3/h1H,5H2,2-3H3,(H,9,10). The molecule has 0 amide bonds. The molecular weight excluding hydrogens is 176 g/mol. The van der Waals surface area contributed by atoms with E-state index in [9.17, 15) is 9.59 Å². The van der Waals surface area contributed by atoms with E-state index in [0.29, 0.717) is 0 Å². The molecule has 0 saturated heterocycles. The maximum atomic E-state index is 10.6. The molecule has 13 heavy (non-hydrogen) atoms. The quantitative estimate of drug-likeness (QED) is 0.517. The highest BCUT2D eigenvalue weighted by molar-refractivity contribution is 5.80. The third kappa shape index (κ3) is 3.03. The average Bonchev–Trinajstić information content (AvgIpc) is 2.04. The number of rotatable bonds is 3. The molecule has 0 aromatic carbocycles. The molecule has 0 heterocycles. The van der Waals surface area contributed by atoms with Gasteiger partial charge in [-0.05, 0) is 6.92 Å². The number of carbonyl (C=O) groups is 2. The van der Waals surface area contributed by atoms with Crippen molar-refractivity contribution in [1.82, 2.24) is 0 Å². The van der Waals surface area contributed by atoms with Crippen molar-refractivity contribution in [3.63, 3.8) is 0 Å². The van der Waals surface area contributed by atoms with Crippen LogP contribution in [0.1, 0.15) is 13.3 Å². The Labute approximate surface area is 75.6 Å². The van der Waals surface area contributed by atoms with Crippen LogP contribution in [0, 0.1) is 12.3 Å². The summed E-state index contributed by atoms with van der Waals surface area (Å²) in [5.74, 6) is 0.796. The van der Waals surface area contributed by atoms with E-state index in [1.807, 2.05) is 0 Å². The van der Waals surface area contributed by atoms with E-state index < -0.39 is 17.7 Å². The van der Waals surface area contributed by atoms with Gasteiger partial charge in [0.15, 0.2) is 0 Å². The van der Waals surface area contributed by atoms with Gasteiger partial charge in [-0.25, -0.2) is 9.59 Å². The smallest absolute Gasteiger partial charge is 0.478 e. The second-order valence-corrected chi connectivity index (χ2v) is 2.47. The summed E-state index contributed by atoms with van der Waals surface area (Å²) in [5.41, 5.74) is -1.72. The first-order chi connectivity index (χ1) is 5.96. The molecule has 0 spiro atoms. The molecule has 0 aromatic heterocycles. The van der Waals surface area contributed by atoms with Gasteiger partial charge in [-0.2, -0.15) is 0 Å². The SMILES string of the molecule is C#CCC(C)(OC(=O)OC)C(=O)O. The monoisotopic (exact) mass is 186 g/mol. The van der Waals surface area contributed by atoms with E-state index in [4.69, 9.17) is 11.5 Å². The summed E-state index contributed by atoms with van der Waals surface area (Å²) in [6.07, 6.45) is 3.64. The molecule has 5 nitrogen and oxygen atoms in total. The molecule has 1 unspecified atom stereocenters. The van der Waals surface area contributed by atoms with Crippen LogP contribution in [0.25, 0.3) is 0 Å².